The van der Waals surface area contributed by atoms with Crippen molar-refractivity contribution >= 4 is 11.9 Å². The van der Waals surface area contributed by atoms with Gasteiger partial charge in [-0.15, -0.1) is 0 Å². The van der Waals surface area contributed by atoms with E-state index >= 15 is 0 Å². The maximum absolute atomic E-state index is 12.4. The number of carbonyl (C=O) groups excluding carboxylic acids is 2. The summed E-state index contributed by atoms with van der Waals surface area (Å²) in [7, 11) is 0. The Morgan fingerprint density at radius 3 is 1.16 bits per heavy atom. The van der Waals surface area contributed by atoms with Crippen LogP contribution >= 0.6 is 0 Å². The number of allylic oxidation sites excluding steroid dienone is 3. The Morgan fingerprint density at radius 2 is 0.770 bits per heavy atom. The number of carbonyl (C=O) groups is 2. The maximum Gasteiger partial charge on any atom is 0.305 e. The van der Waals surface area contributed by atoms with Crippen molar-refractivity contribution < 1.29 is 24.5 Å². The summed E-state index contributed by atoms with van der Waals surface area (Å²) in [5, 5.41) is 23.0. The van der Waals surface area contributed by atoms with Crippen LogP contribution < -0.4 is 5.32 Å². The summed E-state index contributed by atoms with van der Waals surface area (Å²) in [5.74, 6) is -0.0813. The van der Waals surface area contributed by atoms with E-state index in [0.717, 1.165) is 57.8 Å². The van der Waals surface area contributed by atoms with E-state index in [1.54, 1.807) is 6.08 Å². The van der Waals surface area contributed by atoms with Crippen LogP contribution in [-0.2, 0) is 14.3 Å². The van der Waals surface area contributed by atoms with Gasteiger partial charge >= 0.3 is 5.97 Å². The molecule has 0 aromatic rings. The van der Waals surface area contributed by atoms with Crippen LogP contribution in [-0.4, -0.2) is 47.4 Å². The van der Waals surface area contributed by atoms with Crippen molar-refractivity contribution in [2.75, 3.05) is 13.2 Å². The van der Waals surface area contributed by atoms with Crippen LogP contribution in [0.2, 0.25) is 0 Å². The molecule has 0 aliphatic heterocycles. The summed E-state index contributed by atoms with van der Waals surface area (Å²) in [6, 6.07) is -0.633. The number of esters is 1. The molecular formula is C55H105NO5. The number of ether oxygens (including phenoxy) is 1. The fourth-order valence-electron chi connectivity index (χ4n) is 8.27. The molecular weight excluding hydrogens is 755 g/mol. The van der Waals surface area contributed by atoms with Gasteiger partial charge in [-0.1, -0.05) is 244 Å². The third kappa shape index (κ3) is 47.7. The number of unbranched alkanes of at least 4 members (excludes halogenated alkanes) is 37. The van der Waals surface area contributed by atoms with Gasteiger partial charge in [0.2, 0.25) is 5.91 Å². The third-order valence-corrected chi connectivity index (χ3v) is 12.5. The minimum atomic E-state index is -0.848. The number of aliphatic hydroxyl groups excluding tert-OH is 2. The Bertz CT molecular complexity index is 951. The normalized spacial score (nSPS) is 12.8. The number of amides is 1. The molecule has 0 radical (unpaired) electrons. The molecule has 0 fully saturated rings. The Morgan fingerprint density at radius 1 is 0.443 bits per heavy atom. The highest BCUT2D eigenvalue weighted by Gasteiger charge is 2.18. The summed E-state index contributed by atoms with van der Waals surface area (Å²) in [6.07, 6.45) is 60.4. The van der Waals surface area contributed by atoms with Gasteiger partial charge in [-0.2, -0.15) is 0 Å². The number of hydrogen-bond acceptors (Lipinski definition) is 5. The fourth-order valence-corrected chi connectivity index (χ4v) is 8.27. The summed E-state index contributed by atoms with van der Waals surface area (Å²) in [4.78, 5) is 24.5. The minimum Gasteiger partial charge on any atom is -0.466 e. The second-order valence-electron chi connectivity index (χ2n) is 18.6. The van der Waals surface area contributed by atoms with E-state index in [9.17, 15) is 19.8 Å². The molecule has 0 saturated carbocycles. The van der Waals surface area contributed by atoms with Gasteiger partial charge < -0.3 is 20.3 Å². The molecule has 0 saturated heterocycles. The Hall–Kier alpha value is -1.66. The lowest BCUT2D eigenvalue weighted by Gasteiger charge is -2.20. The van der Waals surface area contributed by atoms with Crippen LogP contribution in [0.1, 0.15) is 290 Å². The number of hydrogen-bond donors (Lipinski definition) is 3. The zero-order chi connectivity index (χ0) is 44.4. The lowest BCUT2D eigenvalue weighted by Crippen LogP contribution is -2.45. The molecule has 0 aromatic heterocycles. The Kier molecular flexibility index (Phi) is 49.6. The summed E-state index contributed by atoms with van der Waals surface area (Å²) >= 11 is 0. The number of aliphatic hydroxyl groups is 2. The first-order valence-corrected chi connectivity index (χ1v) is 27.1. The first-order chi connectivity index (χ1) is 30.0. The van der Waals surface area contributed by atoms with Crippen LogP contribution in [0.25, 0.3) is 0 Å². The van der Waals surface area contributed by atoms with Crippen molar-refractivity contribution in [1.29, 1.82) is 0 Å². The van der Waals surface area contributed by atoms with Crippen molar-refractivity contribution in [2.45, 2.75) is 302 Å². The van der Waals surface area contributed by atoms with Gasteiger partial charge in [0.25, 0.3) is 0 Å². The average Bonchev–Trinajstić information content (AvgIpc) is 3.26. The van der Waals surface area contributed by atoms with Gasteiger partial charge in [0.15, 0.2) is 0 Å². The highest BCUT2D eigenvalue weighted by molar-refractivity contribution is 5.76. The highest BCUT2D eigenvalue weighted by Crippen LogP contribution is 2.16. The smallest absolute Gasteiger partial charge is 0.305 e. The standard InChI is InChI=1S/C55H105NO5/c1-3-5-7-9-11-13-15-16-17-18-19-22-25-29-33-37-41-45-49-55(60)61-50-46-42-38-34-30-26-23-20-21-24-28-32-36-40-44-48-54(59)56-52(51-57)53(58)47-43-39-35-31-27-14-12-10-8-6-4-2/h17-18,43,47,52-53,57-58H,3-16,19-42,44-46,48-51H2,1-2H3,(H,56,59)/b18-17-,47-43+. The quantitative estimate of drug-likeness (QED) is 0.0322. The van der Waals surface area contributed by atoms with Gasteiger partial charge in [0.05, 0.1) is 25.4 Å². The van der Waals surface area contributed by atoms with E-state index in [1.165, 1.54) is 205 Å². The molecule has 1 amide bonds. The molecule has 2 atom stereocenters. The predicted octanol–water partition coefficient (Wildman–Crippen LogP) is 16.3. The van der Waals surface area contributed by atoms with Crippen LogP contribution in [0, 0.1) is 0 Å². The van der Waals surface area contributed by atoms with E-state index in [4.69, 9.17) is 4.74 Å². The molecule has 6 nitrogen and oxygen atoms in total. The first kappa shape index (κ1) is 59.3. The molecule has 61 heavy (non-hydrogen) atoms. The highest BCUT2D eigenvalue weighted by atomic mass is 16.5. The topological polar surface area (TPSA) is 95.9 Å². The van der Waals surface area contributed by atoms with E-state index in [0.29, 0.717) is 19.4 Å². The molecule has 0 bridgehead atoms. The molecule has 0 rings (SSSR count). The summed E-state index contributed by atoms with van der Waals surface area (Å²) in [6.45, 7) is 4.87. The maximum atomic E-state index is 12.4. The van der Waals surface area contributed by atoms with Crippen LogP contribution in [0.5, 0.6) is 0 Å². The fraction of sp³-hybridized carbons (Fsp3) is 0.891. The average molecular weight is 860 g/mol. The van der Waals surface area contributed by atoms with Crippen molar-refractivity contribution in [2.24, 2.45) is 0 Å². The molecule has 0 spiro atoms. The summed E-state index contributed by atoms with van der Waals surface area (Å²) < 4.78 is 5.48. The lowest BCUT2D eigenvalue weighted by molar-refractivity contribution is -0.143. The largest absolute Gasteiger partial charge is 0.466 e. The van der Waals surface area contributed by atoms with Gasteiger partial charge in [-0.3, -0.25) is 9.59 Å². The van der Waals surface area contributed by atoms with Crippen molar-refractivity contribution in [3.8, 4) is 0 Å². The zero-order valence-corrected chi connectivity index (χ0v) is 40.9. The monoisotopic (exact) mass is 860 g/mol. The minimum absolute atomic E-state index is 0.00365. The van der Waals surface area contributed by atoms with Gasteiger partial charge in [0, 0.05) is 12.8 Å². The van der Waals surface area contributed by atoms with Crippen LogP contribution in [0.4, 0.5) is 0 Å². The SMILES string of the molecule is CCCCCCCCC/C=C\CCCCCCCCCC(=O)OCCCCCCCCCCCCCCCCCC(=O)NC(CO)C(O)/C=C/CCCCCCCCCCC. The lowest BCUT2D eigenvalue weighted by atomic mass is 10.0. The molecule has 0 heterocycles. The molecule has 360 valence electrons. The zero-order valence-electron chi connectivity index (χ0n) is 40.9. The third-order valence-electron chi connectivity index (χ3n) is 12.5. The molecule has 0 aliphatic carbocycles. The van der Waals surface area contributed by atoms with Crippen molar-refractivity contribution in [1.82, 2.24) is 5.32 Å². The van der Waals surface area contributed by atoms with E-state index < -0.39 is 12.1 Å². The second kappa shape index (κ2) is 51.0. The summed E-state index contributed by atoms with van der Waals surface area (Å²) in [5.41, 5.74) is 0. The Balaban J connectivity index is 3.42. The molecule has 3 N–H and O–H groups in total. The molecule has 2 unspecified atom stereocenters. The van der Waals surface area contributed by atoms with Crippen molar-refractivity contribution in [3.05, 3.63) is 24.3 Å². The first-order valence-electron chi connectivity index (χ1n) is 27.1. The van der Waals surface area contributed by atoms with Crippen LogP contribution in [0.15, 0.2) is 24.3 Å². The molecule has 0 aromatic carbocycles. The van der Waals surface area contributed by atoms with Gasteiger partial charge in [-0.25, -0.2) is 0 Å². The number of nitrogens with one attached hydrogen (secondary N) is 1. The van der Waals surface area contributed by atoms with E-state index in [2.05, 4.69) is 31.3 Å². The Labute approximate surface area is 380 Å². The van der Waals surface area contributed by atoms with Gasteiger partial charge in [0.1, 0.15) is 0 Å². The van der Waals surface area contributed by atoms with E-state index in [1.807, 2.05) is 6.08 Å². The van der Waals surface area contributed by atoms with Crippen molar-refractivity contribution in [3.63, 3.8) is 0 Å². The second-order valence-corrected chi connectivity index (χ2v) is 18.6. The number of rotatable bonds is 50. The van der Waals surface area contributed by atoms with Crippen LogP contribution in [0.3, 0.4) is 0 Å². The predicted molar refractivity (Wildman–Crippen MR) is 264 cm³/mol. The molecule has 0 aliphatic rings. The van der Waals surface area contributed by atoms with Gasteiger partial charge in [-0.05, 0) is 57.8 Å². The molecule has 6 heteroatoms. The van der Waals surface area contributed by atoms with E-state index in [-0.39, 0.29) is 18.5 Å².